The summed E-state index contributed by atoms with van der Waals surface area (Å²) in [6, 6.07) is 5.01. The molecule has 3 aliphatic heterocycles. The Bertz CT molecular complexity index is 1260. The van der Waals surface area contributed by atoms with Crippen LogP contribution >= 0.6 is 0 Å². The first-order valence-electron chi connectivity index (χ1n) is 11.6. The summed E-state index contributed by atoms with van der Waals surface area (Å²) in [5, 5.41) is 23.1. The smallest absolute Gasteiger partial charge is 0.303 e. The monoisotopic (exact) mass is 487 g/mol. The van der Waals surface area contributed by atoms with Gasteiger partial charge in [-0.2, -0.15) is 13.9 Å². The van der Waals surface area contributed by atoms with Gasteiger partial charge in [-0.05, 0) is 39.8 Å². The second kappa shape index (κ2) is 8.30. The third-order valence-corrected chi connectivity index (χ3v) is 6.87. The summed E-state index contributed by atoms with van der Waals surface area (Å²) in [5.74, 6) is -3.66. The minimum absolute atomic E-state index is 0.0319. The van der Waals surface area contributed by atoms with Crippen LogP contribution in [0, 0.1) is 12.7 Å². The first-order valence-corrected chi connectivity index (χ1v) is 11.6. The lowest BCUT2D eigenvalue weighted by Crippen LogP contribution is -2.57. The van der Waals surface area contributed by atoms with Gasteiger partial charge in [0.15, 0.2) is 5.82 Å². The van der Waals surface area contributed by atoms with Crippen molar-refractivity contribution in [3.63, 3.8) is 0 Å². The van der Waals surface area contributed by atoms with Crippen LogP contribution in [0.3, 0.4) is 0 Å². The number of morpholine rings is 1. The van der Waals surface area contributed by atoms with Gasteiger partial charge in [0.05, 0.1) is 29.5 Å². The Labute approximate surface area is 201 Å². The molecular formula is C25H28F3N5O2. The lowest BCUT2D eigenvalue weighted by Gasteiger charge is -2.47. The van der Waals surface area contributed by atoms with Crippen molar-refractivity contribution in [3.05, 3.63) is 53.1 Å². The molecule has 3 aromatic rings. The first-order chi connectivity index (χ1) is 16.5. The van der Waals surface area contributed by atoms with Crippen LogP contribution in [0.1, 0.15) is 50.1 Å². The molecule has 2 aromatic heterocycles. The van der Waals surface area contributed by atoms with Crippen LogP contribution in [0.2, 0.25) is 0 Å². The Morgan fingerprint density at radius 3 is 2.51 bits per heavy atom. The van der Waals surface area contributed by atoms with Gasteiger partial charge in [0.2, 0.25) is 0 Å². The number of alkyl halides is 2. The van der Waals surface area contributed by atoms with Gasteiger partial charge in [-0.1, -0.05) is 12.1 Å². The van der Waals surface area contributed by atoms with Gasteiger partial charge in [-0.3, -0.25) is 0 Å². The highest BCUT2D eigenvalue weighted by Gasteiger charge is 2.49. The molecule has 10 heteroatoms. The summed E-state index contributed by atoms with van der Waals surface area (Å²) >= 11 is 0. The largest absolute Gasteiger partial charge is 0.384 e. The molecule has 6 rings (SSSR count). The van der Waals surface area contributed by atoms with Crippen LogP contribution in [0.25, 0.3) is 10.8 Å². The van der Waals surface area contributed by atoms with Crippen molar-refractivity contribution in [2.75, 3.05) is 23.3 Å². The van der Waals surface area contributed by atoms with Crippen LogP contribution in [-0.4, -0.2) is 51.2 Å². The van der Waals surface area contributed by atoms with E-state index in [0.29, 0.717) is 11.5 Å². The van der Waals surface area contributed by atoms with E-state index in [2.05, 4.69) is 25.4 Å². The zero-order valence-electron chi connectivity index (χ0n) is 20.0. The molecule has 3 saturated heterocycles. The number of anilines is 2. The number of piperidine rings is 1. The standard InChI is InChI=1S/C25H28F3N5O2/c1-13(17-6-5-7-20(22(17)26)25(27,28)24(3,4)34)30-23-18-9-21(29-10-19(18)14(2)31-32-23)33-11-15-8-16(12-33)35-15/h5-7,9-10,13,15-16,34H,8,11-12H2,1-4H3,(H,30,32)/t13-,15?,16?/m0/s1. The zero-order chi connectivity index (χ0) is 25.1. The molecule has 0 aliphatic carbocycles. The molecular weight excluding hydrogens is 459 g/mol. The summed E-state index contributed by atoms with van der Waals surface area (Å²) in [7, 11) is 0. The van der Waals surface area contributed by atoms with Gasteiger partial charge in [0.25, 0.3) is 0 Å². The Kier molecular flexibility index (Phi) is 5.63. The molecule has 3 atom stereocenters. The first kappa shape index (κ1) is 23.7. The second-order valence-corrected chi connectivity index (χ2v) is 9.95. The van der Waals surface area contributed by atoms with E-state index < -0.39 is 28.9 Å². The second-order valence-electron chi connectivity index (χ2n) is 9.95. The molecule has 3 aliphatic rings. The normalized spacial score (nSPS) is 21.1. The number of nitrogens with one attached hydrogen (secondary N) is 1. The van der Waals surface area contributed by atoms with Crippen molar-refractivity contribution < 1.29 is 23.0 Å². The molecule has 7 nitrogen and oxygen atoms in total. The van der Waals surface area contributed by atoms with Gasteiger partial charge in [-0.15, -0.1) is 5.10 Å². The van der Waals surface area contributed by atoms with Crippen LogP contribution in [0.4, 0.5) is 24.8 Å². The summed E-state index contributed by atoms with van der Waals surface area (Å²) in [4.78, 5) is 6.78. The molecule has 1 aromatic carbocycles. The Morgan fingerprint density at radius 2 is 1.86 bits per heavy atom. The number of ether oxygens (including phenoxy) is 1. The molecule has 186 valence electrons. The number of rotatable bonds is 6. The van der Waals surface area contributed by atoms with E-state index in [9.17, 15) is 13.9 Å². The summed E-state index contributed by atoms with van der Waals surface area (Å²) in [5.41, 5.74) is -2.55. The number of pyridine rings is 1. The molecule has 3 fully saturated rings. The molecule has 0 amide bonds. The predicted octanol–water partition coefficient (Wildman–Crippen LogP) is 4.49. The van der Waals surface area contributed by atoms with Gasteiger partial charge >= 0.3 is 5.92 Å². The summed E-state index contributed by atoms with van der Waals surface area (Å²) in [6.07, 6.45) is 3.25. The molecule has 5 heterocycles. The molecule has 0 radical (unpaired) electrons. The van der Waals surface area contributed by atoms with Crippen LogP contribution in [0.5, 0.6) is 0 Å². The van der Waals surface area contributed by atoms with Gasteiger partial charge in [-0.25, -0.2) is 9.37 Å². The van der Waals surface area contributed by atoms with E-state index in [4.69, 9.17) is 4.74 Å². The van der Waals surface area contributed by atoms with Crippen molar-refractivity contribution in [1.29, 1.82) is 0 Å². The quantitative estimate of drug-likeness (QED) is 0.530. The lowest BCUT2D eigenvalue weighted by molar-refractivity contribution is -0.170. The maximum Gasteiger partial charge on any atom is 0.303 e. The number of benzene rings is 1. The van der Waals surface area contributed by atoms with E-state index in [1.54, 1.807) is 13.1 Å². The summed E-state index contributed by atoms with van der Waals surface area (Å²) in [6.45, 7) is 6.93. The van der Waals surface area contributed by atoms with E-state index in [1.807, 2.05) is 13.0 Å². The minimum Gasteiger partial charge on any atom is -0.384 e. The fourth-order valence-electron chi connectivity index (χ4n) is 4.72. The average Bonchev–Trinajstić information content (AvgIpc) is 2.79. The zero-order valence-corrected chi connectivity index (χ0v) is 20.0. The highest BCUT2D eigenvalue weighted by molar-refractivity contribution is 5.94. The average molecular weight is 488 g/mol. The maximum absolute atomic E-state index is 15.3. The molecule has 2 N–H and O–H groups in total. The van der Waals surface area contributed by atoms with Crippen LogP contribution in [0.15, 0.2) is 30.5 Å². The number of hydrogen-bond donors (Lipinski definition) is 2. The summed E-state index contributed by atoms with van der Waals surface area (Å²) < 4.78 is 50.5. The number of aliphatic hydroxyl groups is 1. The fraction of sp³-hybridized carbons (Fsp3) is 0.480. The van der Waals surface area contributed by atoms with Gasteiger partial charge < -0.3 is 20.1 Å². The molecule has 0 spiro atoms. The molecule has 0 saturated carbocycles. The SMILES string of the molecule is Cc1nnc(N[C@@H](C)c2cccc(C(F)(F)C(C)(C)O)c2F)c2cc(N3CC4CC(C3)O4)ncc12. The maximum atomic E-state index is 15.3. The van der Waals surface area contributed by atoms with Gasteiger partial charge in [0.1, 0.15) is 17.2 Å². The third-order valence-electron chi connectivity index (χ3n) is 6.87. The van der Waals surface area contributed by atoms with E-state index in [1.165, 1.54) is 12.1 Å². The van der Waals surface area contributed by atoms with E-state index in [0.717, 1.165) is 56.0 Å². The Balaban J connectivity index is 1.48. The van der Waals surface area contributed by atoms with Crippen molar-refractivity contribution in [2.45, 2.75) is 63.9 Å². The number of halogens is 3. The molecule has 35 heavy (non-hydrogen) atoms. The van der Waals surface area contributed by atoms with Crippen LogP contribution < -0.4 is 10.2 Å². The minimum atomic E-state index is -3.78. The molecule has 2 bridgehead atoms. The van der Waals surface area contributed by atoms with E-state index >= 15 is 4.39 Å². The third kappa shape index (κ3) is 4.08. The Hall–Kier alpha value is -2.98. The topological polar surface area (TPSA) is 83.4 Å². The van der Waals surface area contributed by atoms with Crippen molar-refractivity contribution in [1.82, 2.24) is 15.2 Å². The van der Waals surface area contributed by atoms with Gasteiger partial charge in [0, 0.05) is 42.0 Å². The van der Waals surface area contributed by atoms with Crippen LogP contribution in [-0.2, 0) is 10.7 Å². The van der Waals surface area contributed by atoms with Crippen molar-refractivity contribution in [3.8, 4) is 0 Å². The highest BCUT2D eigenvalue weighted by atomic mass is 19.3. The lowest BCUT2D eigenvalue weighted by atomic mass is 9.91. The predicted molar refractivity (Wildman–Crippen MR) is 126 cm³/mol. The van der Waals surface area contributed by atoms with Crippen molar-refractivity contribution in [2.24, 2.45) is 0 Å². The number of nitrogens with zero attached hydrogens (tertiary/aromatic N) is 4. The highest BCUT2D eigenvalue weighted by Crippen LogP contribution is 2.41. The molecule has 2 unspecified atom stereocenters. The Morgan fingerprint density at radius 1 is 1.17 bits per heavy atom. The van der Waals surface area contributed by atoms with E-state index in [-0.39, 0.29) is 17.8 Å². The number of fused-ring (bicyclic) bond motifs is 3. The number of aryl methyl sites for hydroxylation is 1. The number of aromatic nitrogens is 3. The van der Waals surface area contributed by atoms with Crippen molar-refractivity contribution >= 4 is 22.4 Å². The number of hydrogen-bond acceptors (Lipinski definition) is 7. The fourth-order valence-corrected chi connectivity index (χ4v) is 4.72.